The molecule has 2 bridgehead atoms. The summed E-state index contributed by atoms with van der Waals surface area (Å²) in [6.07, 6.45) is 6.94. The van der Waals surface area contributed by atoms with E-state index in [1.54, 1.807) is 4.68 Å². The van der Waals surface area contributed by atoms with Gasteiger partial charge in [0.05, 0.1) is 5.69 Å². The quantitative estimate of drug-likeness (QED) is 0.539. The first-order valence-electron chi connectivity index (χ1n) is 13.7. The van der Waals surface area contributed by atoms with E-state index in [4.69, 9.17) is 9.47 Å². The second kappa shape index (κ2) is 10.9. The molecule has 8 nitrogen and oxygen atoms in total. The van der Waals surface area contributed by atoms with E-state index in [-0.39, 0.29) is 41.7 Å². The van der Waals surface area contributed by atoms with Gasteiger partial charge in [0.15, 0.2) is 5.76 Å². The molecule has 37 heavy (non-hydrogen) atoms. The molecule has 6 atom stereocenters. The van der Waals surface area contributed by atoms with Crippen molar-refractivity contribution in [3.63, 3.8) is 0 Å². The van der Waals surface area contributed by atoms with Crippen LogP contribution in [-0.2, 0) is 21.3 Å². The Morgan fingerprint density at radius 1 is 1.22 bits per heavy atom. The van der Waals surface area contributed by atoms with Crippen molar-refractivity contribution in [3.8, 4) is 5.69 Å². The van der Waals surface area contributed by atoms with Gasteiger partial charge in [-0.25, -0.2) is 4.68 Å². The minimum absolute atomic E-state index is 0.0331. The monoisotopic (exact) mass is 509 g/mol. The van der Waals surface area contributed by atoms with Gasteiger partial charge in [-0.15, -0.1) is 0 Å². The van der Waals surface area contributed by atoms with E-state index in [1.807, 2.05) is 62.0 Å². The molecule has 2 aliphatic carbocycles. The predicted octanol–water partition coefficient (Wildman–Crippen LogP) is 3.54. The zero-order chi connectivity index (χ0) is 26.1. The first-order valence-corrected chi connectivity index (χ1v) is 13.7. The zero-order valence-corrected chi connectivity index (χ0v) is 22.1. The lowest BCUT2D eigenvalue weighted by molar-refractivity contribution is -0.167. The van der Waals surface area contributed by atoms with E-state index in [0.717, 1.165) is 17.8 Å². The lowest BCUT2D eigenvalue weighted by Gasteiger charge is -2.37. The summed E-state index contributed by atoms with van der Waals surface area (Å²) in [5.41, 5.74) is 2.12. The van der Waals surface area contributed by atoms with Gasteiger partial charge in [-0.05, 0) is 76.0 Å². The number of nitrogens with one attached hydrogen (secondary N) is 1. The zero-order valence-electron chi connectivity index (χ0n) is 22.1. The van der Waals surface area contributed by atoms with Gasteiger partial charge in [0.1, 0.15) is 0 Å². The summed E-state index contributed by atoms with van der Waals surface area (Å²) in [6.45, 7) is 4.28. The van der Waals surface area contributed by atoms with Crippen LogP contribution in [0.3, 0.4) is 0 Å². The van der Waals surface area contributed by atoms with Crippen LogP contribution in [0.4, 0.5) is 0 Å². The Balaban J connectivity index is 1.54. The maximum absolute atomic E-state index is 13.9. The molecule has 2 fully saturated rings. The summed E-state index contributed by atoms with van der Waals surface area (Å²) in [6, 6.07) is 9.73. The summed E-state index contributed by atoms with van der Waals surface area (Å²) >= 11 is 0. The number of nitrogens with zero attached hydrogens (tertiary/aromatic N) is 2. The molecule has 200 valence electrons. The molecule has 3 unspecified atom stereocenters. The largest absolute Gasteiger partial charge is 0.459 e. The number of aromatic nitrogens is 2. The molecular formula is C29H39N3O5. The van der Waals surface area contributed by atoms with Gasteiger partial charge in [0.2, 0.25) is 6.29 Å². The van der Waals surface area contributed by atoms with Crippen LogP contribution in [0.5, 0.6) is 0 Å². The van der Waals surface area contributed by atoms with Gasteiger partial charge >= 0.3 is 0 Å². The second-order valence-electron chi connectivity index (χ2n) is 10.8. The average molecular weight is 510 g/mol. The van der Waals surface area contributed by atoms with Gasteiger partial charge in [0.25, 0.3) is 11.5 Å². The van der Waals surface area contributed by atoms with Gasteiger partial charge in [0, 0.05) is 49.4 Å². The number of hydrogen-bond acceptors (Lipinski definition) is 5. The van der Waals surface area contributed by atoms with Crippen LogP contribution in [0, 0.1) is 24.7 Å². The van der Waals surface area contributed by atoms with Gasteiger partial charge in [-0.3, -0.25) is 14.3 Å². The van der Waals surface area contributed by atoms with Crippen molar-refractivity contribution in [1.82, 2.24) is 14.7 Å². The number of aliphatic hydroxyl groups excluding tert-OH is 1. The number of allylic oxidation sites excluding steroid dienone is 1. The Morgan fingerprint density at radius 2 is 2.00 bits per heavy atom. The molecule has 1 amide bonds. The summed E-state index contributed by atoms with van der Waals surface area (Å²) in [4.78, 5) is 27.4. The molecule has 1 aromatic carbocycles. The van der Waals surface area contributed by atoms with Gasteiger partial charge in [-0.1, -0.05) is 24.6 Å². The van der Waals surface area contributed by atoms with Crippen molar-refractivity contribution in [2.45, 2.75) is 70.6 Å². The molecular weight excluding hydrogens is 470 g/mol. The molecule has 2 heterocycles. The van der Waals surface area contributed by atoms with Crippen LogP contribution in [0.25, 0.3) is 5.69 Å². The highest BCUT2D eigenvalue weighted by atomic mass is 16.7. The SMILES string of the molecule is CCO[C@H]1OC(C(=O)NC2CC3CCC2C3)=C[C@@H](c2c(C)n(C)n(-c3ccccc3)c2=O)[C@H]1CCCO. The summed E-state index contributed by atoms with van der Waals surface area (Å²) in [5, 5.41) is 12.8. The lowest BCUT2D eigenvalue weighted by atomic mass is 9.80. The Morgan fingerprint density at radius 3 is 2.65 bits per heavy atom. The fraction of sp³-hybridized carbons (Fsp3) is 0.586. The van der Waals surface area contributed by atoms with Crippen molar-refractivity contribution in [3.05, 3.63) is 63.8 Å². The molecule has 5 rings (SSSR count). The van der Waals surface area contributed by atoms with Crippen LogP contribution >= 0.6 is 0 Å². The molecule has 0 spiro atoms. The Kier molecular flexibility index (Phi) is 7.58. The number of fused-ring (bicyclic) bond motifs is 2. The van der Waals surface area contributed by atoms with Crippen LogP contribution in [-0.4, -0.2) is 45.9 Å². The molecule has 2 saturated carbocycles. The minimum atomic E-state index is -0.684. The summed E-state index contributed by atoms with van der Waals surface area (Å²) < 4.78 is 15.7. The van der Waals surface area contributed by atoms with E-state index in [1.165, 1.54) is 19.3 Å². The third-order valence-electron chi connectivity index (χ3n) is 8.62. The van der Waals surface area contributed by atoms with Gasteiger partial charge < -0.3 is 19.9 Å². The smallest absolute Gasteiger partial charge is 0.286 e. The fourth-order valence-corrected chi connectivity index (χ4v) is 6.73. The number of para-hydroxylation sites is 1. The number of ether oxygens (including phenoxy) is 2. The summed E-state index contributed by atoms with van der Waals surface area (Å²) in [5.74, 6) is 0.644. The normalized spacial score (nSPS) is 28.7. The third-order valence-corrected chi connectivity index (χ3v) is 8.62. The molecule has 1 aliphatic heterocycles. The Bertz CT molecular complexity index is 1200. The first kappa shape index (κ1) is 25.8. The Labute approximate surface area is 218 Å². The van der Waals surface area contributed by atoms with Crippen molar-refractivity contribution in [2.24, 2.45) is 24.8 Å². The predicted molar refractivity (Wildman–Crippen MR) is 140 cm³/mol. The number of benzene rings is 1. The van der Waals surface area contributed by atoms with Crippen LogP contribution in [0.2, 0.25) is 0 Å². The van der Waals surface area contributed by atoms with Crippen molar-refractivity contribution >= 4 is 5.91 Å². The van der Waals surface area contributed by atoms with Crippen molar-refractivity contribution in [1.29, 1.82) is 0 Å². The number of aliphatic hydroxyl groups is 1. The van der Waals surface area contributed by atoms with Crippen LogP contribution in [0.15, 0.2) is 47.0 Å². The molecule has 0 saturated heterocycles. The maximum Gasteiger partial charge on any atom is 0.286 e. The Hall–Kier alpha value is -2.84. The molecule has 1 aromatic heterocycles. The second-order valence-corrected chi connectivity index (χ2v) is 10.8. The van der Waals surface area contributed by atoms with E-state index in [2.05, 4.69) is 5.32 Å². The first-order chi connectivity index (χ1) is 17.9. The van der Waals surface area contributed by atoms with Gasteiger partial charge in [-0.2, -0.15) is 0 Å². The highest BCUT2D eigenvalue weighted by molar-refractivity contribution is 5.92. The highest BCUT2D eigenvalue weighted by Crippen LogP contribution is 2.45. The third kappa shape index (κ3) is 4.89. The highest BCUT2D eigenvalue weighted by Gasteiger charge is 2.43. The number of rotatable bonds is 9. The fourth-order valence-electron chi connectivity index (χ4n) is 6.73. The number of amides is 1. The van der Waals surface area contributed by atoms with E-state index in [0.29, 0.717) is 36.8 Å². The van der Waals surface area contributed by atoms with Crippen molar-refractivity contribution in [2.75, 3.05) is 13.2 Å². The number of hydrogen-bond donors (Lipinski definition) is 2. The average Bonchev–Trinajstić information content (AvgIpc) is 3.57. The van der Waals surface area contributed by atoms with E-state index >= 15 is 0 Å². The lowest BCUT2D eigenvalue weighted by Crippen LogP contribution is -2.43. The summed E-state index contributed by atoms with van der Waals surface area (Å²) in [7, 11) is 1.88. The van der Waals surface area contributed by atoms with Crippen LogP contribution in [0.1, 0.15) is 62.6 Å². The maximum atomic E-state index is 13.9. The molecule has 2 aromatic rings. The minimum Gasteiger partial charge on any atom is -0.459 e. The number of carbonyl (C=O) groups excluding carboxylic acids is 1. The topological polar surface area (TPSA) is 94.7 Å². The van der Waals surface area contributed by atoms with E-state index in [9.17, 15) is 14.7 Å². The standard InChI is InChI=1S/C29H39N3O5/c1-4-36-29-22(11-8-14-33)23(17-25(37-29)27(34)30-24-16-19-12-13-20(24)15-19)26-18(2)31(3)32(28(26)35)21-9-6-5-7-10-21/h5-7,9-10,17,19-20,22-24,29,33H,4,8,11-16H2,1-3H3,(H,30,34)/t19?,20?,22-,23-,24?,29+/m1/s1. The molecule has 2 N–H and O–H groups in total. The number of carbonyl (C=O) groups is 1. The van der Waals surface area contributed by atoms with E-state index < -0.39 is 6.29 Å². The molecule has 3 aliphatic rings. The van der Waals surface area contributed by atoms with Crippen molar-refractivity contribution < 1.29 is 19.4 Å². The molecule has 0 radical (unpaired) electrons. The van der Waals surface area contributed by atoms with Crippen LogP contribution < -0.4 is 10.9 Å². The molecule has 8 heteroatoms.